The molecule has 1 atom stereocenters. The Hall–Kier alpha value is -2.90. The Morgan fingerprint density at radius 1 is 1.00 bits per heavy atom. The van der Waals surface area contributed by atoms with Gasteiger partial charge in [-0.1, -0.05) is 73.3 Å². The summed E-state index contributed by atoms with van der Waals surface area (Å²) < 4.78 is 20.1. The van der Waals surface area contributed by atoms with Crippen molar-refractivity contribution in [3.05, 3.63) is 99.2 Å². The van der Waals surface area contributed by atoms with E-state index in [4.69, 9.17) is 16.3 Å². The van der Waals surface area contributed by atoms with E-state index in [0.29, 0.717) is 21.7 Å². The quantitative estimate of drug-likeness (QED) is 0.281. The highest BCUT2D eigenvalue weighted by Crippen LogP contribution is 2.28. The SMILES string of the molecule is O=C(NC1CCCCC1)[C@H](Cc1ccccc1)N(Cc1ccc(F)cc1)C(=O)COc1ccc(Cl)cc1Br. The second kappa shape index (κ2) is 13.8. The van der Waals surface area contributed by atoms with Gasteiger partial charge in [-0.05, 0) is 70.2 Å². The van der Waals surface area contributed by atoms with Crippen molar-refractivity contribution in [1.29, 1.82) is 0 Å². The van der Waals surface area contributed by atoms with Crippen LogP contribution in [0.2, 0.25) is 5.02 Å². The van der Waals surface area contributed by atoms with Crippen molar-refractivity contribution in [2.45, 2.75) is 57.2 Å². The predicted octanol–water partition coefficient (Wildman–Crippen LogP) is 6.71. The lowest BCUT2D eigenvalue weighted by Crippen LogP contribution is -2.53. The molecule has 5 nitrogen and oxygen atoms in total. The number of benzene rings is 3. The van der Waals surface area contributed by atoms with Crippen LogP contribution < -0.4 is 10.1 Å². The van der Waals surface area contributed by atoms with Crippen LogP contribution >= 0.6 is 27.5 Å². The number of carbonyl (C=O) groups excluding carboxylic acids is 2. The highest BCUT2D eigenvalue weighted by Gasteiger charge is 2.32. The monoisotopic (exact) mass is 600 g/mol. The molecular weight excluding hydrogens is 571 g/mol. The standard InChI is InChI=1S/C30H31BrClFN2O3/c31-26-18-23(32)13-16-28(26)38-20-29(36)35(19-22-11-14-24(33)15-12-22)27(17-21-7-3-1-4-8-21)30(37)34-25-9-5-2-6-10-25/h1,3-4,7-8,11-16,18,25,27H,2,5-6,9-10,17,19-20H2,(H,34,37)/t27-/m0/s1. The summed E-state index contributed by atoms with van der Waals surface area (Å²) in [6.45, 7) is -0.136. The summed E-state index contributed by atoms with van der Waals surface area (Å²) in [6, 6.07) is 20.0. The summed E-state index contributed by atoms with van der Waals surface area (Å²) in [6.07, 6.45) is 5.54. The molecule has 0 saturated heterocycles. The third-order valence-electron chi connectivity index (χ3n) is 6.73. The van der Waals surface area contributed by atoms with Crippen molar-refractivity contribution in [2.24, 2.45) is 0 Å². The first-order chi connectivity index (χ1) is 18.4. The van der Waals surface area contributed by atoms with Crippen molar-refractivity contribution in [3.8, 4) is 5.75 Å². The van der Waals surface area contributed by atoms with Gasteiger partial charge in [0, 0.05) is 24.0 Å². The van der Waals surface area contributed by atoms with E-state index in [1.807, 2.05) is 30.3 Å². The number of nitrogens with one attached hydrogen (secondary N) is 1. The van der Waals surface area contributed by atoms with Crippen LogP contribution in [-0.2, 0) is 22.6 Å². The van der Waals surface area contributed by atoms with Crippen molar-refractivity contribution in [3.63, 3.8) is 0 Å². The van der Waals surface area contributed by atoms with E-state index < -0.39 is 6.04 Å². The fraction of sp³-hybridized carbons (Fsp3) is 0.333. The molecule has 3 aromatic carbocycles. The number of halogens is 3. The van der Waals surface area contributed by atoms with Gasteiger partial charge in [0.2, 0.25) is 5.91 Å². The number of amides is 2. The first kappa shape index (κ1) is 28.1. The normalized spacial score (nSPS) is 14.5. The molecule has 2 amide bonds. The maximum Gasteiger partial charge on any atom is 0.261 e. The van der Waals surface area contributed by atoms with E-state index >= 15 is 0 Å². The molecular formula is C30H31BrClFN2O3. The van der Waals surface area contributed by atoms with E-state index in [-0.39, 0.29) is 36.8 Å². The van der Waals surface area contributed by atoms with Gasteiger partial charge >= 0.3 is 0 Å². The highest BCUT2D eigenvalue weighted by molar-refractivity contribution is 9.10. The average molecular weight is 602 g/mol. The minimum absolute atomic E-state index is 0.0959. The number of rotatable bonds is 10. The molecule has 38 heavy (non-hydrogen) atoms. The van der Waals surface area contributed by atoms with Gasteiger partial charge in [0.15, 0.2) is 6.61 Å². The molecule has 1 N–H and O–H groups in total. The van der Waals surface area contributed by atoms with Gasteiger partial charge in [-0.2, -0.15) is 0 Å². The van der Waals surface area contributed by atoms with Crippen molar-refractivity contribution >= 4 is 39.3 Å². The van der Waals surface area contributed by atoms with Gasteiger partial charge in [-0.15, -0.1) is 0 Å². The summed E-state index contributed by atoms with van der Waals surface area (Å²) in [5.74, 6) is -0.436. The minimum Gasteiger partial charge on any atom is -0.483 e. The molecule has 3 aromatic rings. The lowest BCUT2D eigenvalue weighted by Gasteiger charge is -2.33. The fourth-order valence-electron chi connectivity index (χ4n) is 4.70. The fourth-order valence-corrected chi connectivity index (χ4v) is 5.50. The Morgan fingerprint density at radius 3 is 2.39 bits per heavy atom. The molecule has 1 saturated carbocycles. The number of hydrogen-bond acceptors (Lipinski definition) is 3. The van der Waals surface area contributed by atoms with E-state index in [1.165, 1.54) is 18.6 Å². The first-order valence-corrected chi connectivity index (χ1v) is 14.0. The van der Waals surface area contributed by atoms with Crippen LogP contribution in [0.3, 0.4) is 0 Å². The smallest absolute Gasteiger partial charge is 0.261 e. The number of carbonyl (C=O) groups is 2. The zero-order valence-electron chi connectivity index (χ0n) is 21.0. The molecule has 0 spiro atoms. The lowest BCUT2D eigenvalue weighted by atomic mass is 9.94. The highest BCUT2D eigenvalue weighted by atomic mass is 79.9. The van der Waals surface area contributed by atoms with Gasteiger partial charge in [0.1, 0.15) is 17.6 Å². The third kappa shape index (κ3) is 8.05. The van der Waals surface area contributed by atoms with Gasteiger partial charge in [-0.25, -0.2) is 4.39 Å². The van der Waals surface area contributed by atoms with Crippen LogP contribution in [0.4, 0.5) is 4.39 Å². The average Bonchev–Trinajstić information content (AvgIpc) is 2.92. The minimum atomic E-state index is -0.769. The van der Waals surface area contributed by atoms with Crippen LogP contribution in [0.15, 0.2) is 77.3 Å². The van der Waals surface area contributed by atoms with Gasteiger partial charge in [0.25, 0.3) is 5.91 Å². The summed E-state index contributed by atoms with van der Waals surface area (Å²) >= 11 is 9.45. The van der Waals surface area contributed by atoms with E-state index in [2.05, 4.69) is 21.2 Å². The summed E-state index contributed by atoms with van der Waals surface area (Å²) in [5.41, 5.74) is 1.66. The first-order valence-electron chi connectivity index (χ1n) is 12.8. The Morgan fingerprint density at radius 2 is 1.71 bits per heavy atom. The molecule has 1 fully saturated rings. The summed E-state index contributed by atoms with van der Waals surface area (Å²) in [7, 11) is 0. The number of ether oxygens (including phenoxy) is 1. The Kier molecular flexibility index (Phi) is 10.2. The van der Waals surface area contributed by atoms with Crippen molar-refractivity contribution in [1.82, 2.24) is 10.2 Å². The molecule has 0 unspecified atom stereocenters. The van der Waals surface area contributed by atoms with E-state index in [1.54, 1.807) is 35.2 Å². The molecule has 200 valence electrons. The molecule has 1 aliphatic rings. The van der Waals surface area contributed by atoms with Gasteiger partial charge in [-0.3, -0.25) is 9.59 Å². The van der Waals surface area contributed by atoms with Crippen LogP contribution in [0.25, 0.3) is 0 Å². The molecule has 0 aromatic heterocycles. The van der Waals surface area contributed by atoms with Crippen LogP contribution in [0.1, 0.15) is 43.2 Å². The Bertz CT molecular complexity index is 1220. The second-order valence-corrected chi connectivity index (χ2v) is 10.9. The van der Waals surface area contributed by atoms with Crippen LogP contribution in [0.5, 0.6) is 5.75 Å². The van der Waals surface area contributed by atoms with Crippen LogP contribution in [-0.4, -0.2) is 35.4 Å². The van der Waals surface area contributed by atoms with Crippen molar-refractivity contribution < 1.29 is 18.7 Å². The second-order valence-electron chi connectivity index (χ2n) is 9.56. The van der Waals surface area contributed by atoms with Crippen molar-refractivity contribution in [2.75, 3.05) is 6.61 Å². The molecule has 4 rings (SSSR count). The zero-order valence-corrected chi connectivity index (χ0v) is 23.4. The van der Waals surface area contributed by atoms with E-state index in [0.717, 1.165) is 36.8 Å². The van der Waals surface area contributed by atoms with Crippen LogP contribution in [0, 0.1) is 5.82 Å². The predicted molar refractivity (Wildman–Crippen MR) is 151 cm³/mol. The summed E-state index contributed by atoms with van der Waals surface area (Å²) in [5, 5.41) is 3.74. The summed E-state index contributed by atoms with van der Waals surface area (Å²) in [4.78, 5) is 29.0. The molecule has 0 radical (unpaired) electrons. The van der Waals surface area contributed by atoms with E-state index in [9.17, 15) is 14.0 Å². The lowest BCUT2D eigenvalue weighted by molar-refractivity contribution is -0.143. The molecule has 1 aliphatic carbocycles. The molecule has 0 bridgehead atoms. The van der Waals surface area contributed by atoms with Gasteiger partial charge < -0.3 is 15.0 Å². The topological polar surface area (TPSA) is 58.6 Å². The largest absolute Gasteiger partial charge is 0.483 e. The van der Waals surface area contributed by atoms with Gasteiger partial charge in [0.05, 0.1) is 4.47 Å². The molecule has 8 heteroatoms. The molecule has 0 heterocycles. The number of nitrogens with zero attached hydrogens (tertiary/aromatic N) is 1. The Balaban J connectivity index is 1.61. The maximum absolute atomic E-state index is 13.7. The third-order valence-corrected chi connectivity index (χ3v) is 7.59. The maximum atomic E-state index is 13.7. The zero-order chi connectivity index (χ0) is 26.9. The Labute approximate surface area is 236 Å². The number of hydrogen-bond donors (Lipinski definition) is 1. The molecule has 0 aliphatic heterocycles.